The first-order valence-electron chi connectivity index (χ1n) is 7.85. The third-order valence-corrected chi connectivity index (χ3v) is 3.51. The Balaban J connectivity index is 1.70. The molecule has 126 valence electrons. The lowest BCUT2D eigenvalue weighted by Crippen LogP contribution is -2.51. The summed E-state index contributed by atoms with van der Waals surface area (Å²) in [7, 11) is 0. The number of urea groups is 1. The molecule has 7 heteroatoms. The molecule has 2 atom stereocenters. The van der Waals surface area contributed by atoms with E-state index in [-0.39, 0.29) is 37.1 Å². The third-order valence-electron chi connectivity index (χ3n) is 3.51. The fraction of sp³-hybridized carbons (Fsp3) is 0.562. The average Bonchev–Trinajstić information content (AvgIpc) is 2.48. The number of ether oxygens (including phenoxy) is 1. The van der Waals surface area contributed by atoms with Crippen LogP contribution in [0.5, 0.6) is 0 Å². The maximum atomic E-state index is 12.1. The van der Waals surface area contributed by atoms with Crippen molar-refractivity contribution in [2.24, 2.45) is 0 Å². The molecular weight excluding hydrogens is 296 g/mol. The second-order valence-corrected chi connectivity index (χ2v) is 5.91. The number of anilines is 1. The number of pyridine rings is 1. The summed E-state index contributed by atoms with van der Waals surface area (Å²) in [6.45, 7) is 7.24. The monoisotopic (exact) mass is 320 g/mol. The van der Waals surface area contributed by atoms with Gasteiger partial charge in [-0.1, -0.05) is 6.07 Å². The Bertz CT molecular complexity index is 537. The van der Waals surface area contributed by atoms with Crippen molar-refractivity contribution >= 4 is 17.8 Å². The number of hydrogen-bond donors (Lipinski definition) is 2. The van der Waals surface area contributed by atoms with E-state index in [4.69, 9.17) is 4.74 Å². The summed E-state index contributed by atoms with van der Waals surface area (Å²) < 4.78 is 5.59. The second kappa shape index (κ2) is 7.92. The normalized spacial score (nSPS) is 20.9. The van der Waals surface area contributed by atoms with Gasteiger partial charge in [0.15, 0.2) is 0 Å². The number of nitrogens with zero attached hydrogens (tertiary/aromatic N) is 2. The molecule has 2 heterocycles. The quantitative estimate of drug-likeness (QED) is 0.881. The molecule has 3 amide bonds. The number of carbonyl (C=O) groups excluding carboxylic acids is 2. The molecule has 7 nitrogen and oxygen atoms in total. The van der Waals surface area contributed by atoms with Gasteiger partial charge in [0.2, 0.25) is 5.91 Å². The van der Waals surface area contributed by atoms with Crippen molar-refractivity contribution in [1.29, 1.82) is 0 Å². The van der Waals surface area contributed by atoms with E-state index >= 15 is 0 Å². The highest BCUT2D eigenvalue weighted by Crippen LogP contribution is 2.10. The number of hydrogen-bond acceptors (Lipinski definition) is 4. The van der Waals surface area contributed by atoms with Crippen LogP contribution in [0, 0.1) is 6.92 Å². The van der Waals surface area contributed by atoms with Crippen molar-refractivity contribution in [1.82, 2.24) is 15.2 Å². The smallest absolute Gasteiger partial charge is 0.317 e. The van der Waals surface area contributed by atoms with Crippen LogP contribution in [-0.4, -0.2) is 53.7 Å². The molecule has 0 aliphatic carbocycles. The van der Waals surface area contributed by atoms with Gasteiger partial charge in [0.05, 0.1) is 12.2 Å². The van der Waals surface area contributed by atoms with E-state index in [9.17, 15) is 9.59 Å². The van der Waals surface area contributed by atoms with E-state index in [0.717, 1.165) is 5.56 Å². The molecule has 0 aromatic carbocycles. The molecule has 1 aliphatic heterocycles. The first kappa shape index (κ1) is 17.2. The predicted molar refractivity (Wildman–Crippen MR) is 87.2 cm³/mol. The summed E-state index contributed by atoms with van der Waals surface area (Å²) in [5.74, 6) is 0.341. The minimum absolute atomic E-state index is 0.0282. The van der Waals surface area contributed by atoms with Gasteiger partial charge in [0.25, 0.3) is 0 Å². The van der Waals surface area contributed by atoms with Crippen LogP contribution in [0.4, 0.5) is 10.6 Å². The number of rotatable bonds is 4. The summed E-state index contributed by atoms with van der Waals surface area (Å²) in [5.41, 5.74) is 1.03. The number of carbonyl (C=O) groups is 2. The van der Waals surface area contributed by atoms with E-state index in [2.05, 4.69) is 15.6 Å². The highest BCUT2D eigenvalue weighted by Gasteiger charge is 2.25. The maximum absolute atomic E-state index is 12.1. The number of aromatic nitrogens is 1. The lowest BCUT2D eigenvalue weighted by molar-refractivity contribution is -0.116. The standard InChI is InChI=1S/C16H24N4O3/c1-11-4-5-14(18-8-11)19-15(21)6-7-17-16(22)20-9-12(2)23-13(3)10-20/h4-5,8,12-13H,6-7,9-10H2,1-3H3,(H,17,22)(H,18,19,21). The summed E-state index contributed by atoms with van der Waals surface area (Å²) >= 11 is 0. The Hall–Kier alpha value is -2.15. The molecule has 1 aromatic rings. The summed E-state index contributed by atoms with van der Waals surface area (Å²) in [6, 6.07) is 3.47. The Morgan fingerprint density at radius 1 is 1.30 bits per heavy atom. The average molecular weight is 320 g/mol. The van der Waals surface area contributed by atoms with Crippen molar-refractivity contribution in [2.75, 3.05) is 25.0 Å². The zero-order valence-electron chi connectivity index (χ0n) is 13.8. The molecule has 2 rings (SSSR count). The Kier molecular flexibility index (Phi) is 5.92. The Morgan fingerprint density at radius 2 is 2.00 bits per heavy atom. The molecule has 1 saturated heterocycles. The van der Waals surface area contributed by atoms with Gasteiger partial charge >= 0.3 is 6.03 Å². The molecule has 0 radical (unpaired) electrons. The van der Waals surface area contributed by atoms with Gasteiger partial charge in [-0.05, 0) is 32.4 Å². The molecule has 0 spiro atoms. The molecule has 23 heavy (non-hydrogen) atoms. The van der Waals surface area contributed by atoms with Crippen LogP contribution in [0.3, 0.4) is 0 Å². The predicted octanol–water partition coefficient (Wildman–Crippen LogP) is 1.54. The minimum atomic E-state index is -0.176. The molecule has 2 unspecified atom stereocenters. The van der Waals surface area contributed by atoms with Crippen molar-refractivity contribution in [3.05, 3.63) is 23.9 Å². The van der Waals surface area contributed by atoms with Gasteiger partial charge < -0.3 is 20.3 Å². The molecule has 0 bridgehead atoms. The van der Waals surface area contributed by atoms with Crippen LogP contribution in [0.2, 0.25) is 0 Å². The zero-order valence-corrected chi connectivity index (χ0v) is 13.8. The molecule has 1 aromatic heterocycles. The lowest BCUT2D eigenvalue weighted by atomic mass is 10.2. The van der Waals surface area contributed by atoms with Gasteiger partial charge in [-0.2, -0.15) is 0 Å². The summed E-state index contributed by atoms with van der Waals surface area (Å²) in [5, 5.41) is 5.47. The maximum Gasteiger partial charge on any atom is 0.317 e. The van der Waals surface area contributed by atoms with Gasteiger partial charge in [0, 0.05) is 32.3 Å². The van der Waals surface area contributed by atoms with E-state index in [1.807, 2.05) is 26.8 Å². The molecule has 2 N–H and O–H groups in total. The Labute approximate surface area is 136 Å². The van der Waals surface area contributed by atoms with Crippen LogP contribution < -0.4 is 10.6 Å². The lowest BCUT2D eigenvalue weighted by Gasteiger charge is -2.35. The van der Waals surface area contributed by atoms with E-state index in [1.165, 1.54) is 0 Å². The first-order chi connectivity index (χ1) is 10.9. The first-order valence-corrected chi connectivity index (χ1v) is 7.85. The molecule has 1 aliphatic rings. The number of morpholine rings is 1. The largest absolute Gasteiger partial charge is 0.372 e. The molecule has 1 fully saturated rings. The topological polar surface area (TPSA) is 83.6 Å². The Morgan fingerprint density at radius 3 is 2.61 bits per heavy atom. The fourth-order valence-electron chi connectivity index (χ4n) is 2.49. The second-order valence-electron chi connectivity index (χ2n) is 5.91. The van der Waals surface area contributed by atoms with E-state index in [0.29, 0.717) is 18.9 Å². The van der Waals surface area contributed by atoms with Crippen molar-refractivity contribution in [3.63, 3.8) is 0 Å². The molecule has 0 saturated carbocycles. The highest BCUT2D eigenvalue weighted by atomic mass is 16.5. The van der Waals surface area contributed by atoms with Crippen molar-refractivity contribution in [2.45, 2.75) is 39.4 Å². The van der Waals surface area contributed by atoms with Crippen molar-refractivity contribution in [3.8, 4) is 0 Å². The van der Waals surface area contributed by atoms with Gasteiger partial charge in [-0.25, -0.2) is 9.78 Å². The highest BCUT2D eigenvalue weighted by molar-refractivity contribution is 5.90. The number of aryl methyl sites for hydroxylation is 1. The third kappa shape index (κ3) is 5.52. The SMILES string of the molecule is Cc1ccc(NC(=O)CCNC(=O)N2CC(C)OC(C)C2)nc1. The van der Waals surface area contributed by atoms with Crippen LogP contribution >= 0.6 is 0 Å². The van der Waals surface area contributed by atoms with Gasteiger partial charge in [-0.15, -0.1) is 0 Å². The van der Waals surface area contributed by atoms with E-state index < -0.39 is 0 Å². The van der Waals surface area contributed by atoms with Gasteiger partial charge in [-0.3, -0.25) is 4.79 Å². The van der Waals surface area contributed by atoms with Crippen molar-refractivity contribution < 1.29 is 14.3 Å². The number of nitrogens with one attached hydrogen (secondary N) is 2. The number of amides is 3. The molecular formula is C16H24N4O3. The van der Waals surface area contributed by atoms with Crippen LogP contribution in [0.1, 0.15) is 25.8 Å². The fourth-order valence-corrected chi connectivity index (χ4v) is 2.49. The van der Waals surface area contributed by atoms with E-state index in [1.54, 1.807) is 17.2 Å². The minimum Gasteiger partial charge on any atom is -0.372 e. The van der Waals surface area contributed by atoms with Crippen LogP contribution in [-0.2, 0) is 9.53 Å². The van der Waals surface area contributed by atoms with Crippen LogP contribution in [0.25, 0.3) is 0 Å². The van der Waals surface area contributed by atoms with Gasteiger partial charge in [0.1, 0.15) is 5.82 Å². The summed E-state index contributed by atoms with van der Waals surface area (Å²) in [4.78, 5) is 29.7. The van der Waals surface area contributed by atoms with Crippen LogP contribution in [0.15, 0.2) is 18.3 Å². The zero-order chi connectivity index (χ0) is 16.8. The summed E-state index contributed by atoms with van der Waals surface area (Å²) in [6.07, 6.45) is 1.95.